The number of nitrogens with one attached hydrogen (secondary N) is 1. The van der Waals surface area contributed by atoms with Crippen molar-refractivity contribution in [1.82, 2.24) is 20.0 Å². The van der Waals surface area contributed by atoms with Gasteiger partial charge in [-0.05, 0) is 26.0 Å². The van der Waals surface area contributed by atoms with Crippen molar-refractivity contribution in [2.75, 3.05) is 25.1 Å². The van der Waals surface area contributed by atoms with E-state index in [4.69, 9.17) is 0 Å². The van der Waals surface area contributed by atoms with Crippen LogP contribution in [0.1, 0.15) is 35.8 Å². The van der Waals surface area contributed by atoms with Crippen LogP contribution < -0.4 is 5.32 Å². The molecule has 0 spiro atoms. The Balaban J connectivity index is 1.80. The standard InChI is InChI=1S/C16H26N4OS/c1-10-15(11(2)20(4)18-10)16-12(7-14(21)19(16)3)8-17-13-5-6-22-9-13/h12-13,16-17H,5-9H2,1-4H3/t12-,13-,16+/m0/s1. The van der Waals surface area contributed by atoms with Gasteiger partial charge in [-0.2, -0.15) is 16.9 Å². The largest absolute Gasteiger partial charge is 0.338 e. The molecule has 122 valence electrons. The molecule has 1 aromatic heterocycles. The molecule has 0 radical (unpaired) electrons. The number of nitrogens with zero attached hydrogens (tertiary/aromatic N) is 3. The van der Waals surface area contributed by atoms with E-state index in [0.717, 1.165) is 12.2 Å². The summed E-state index contributed by atoms with van der Waals surface area (Å²) in [4.78, 5) is 14.2. The number of hydrogen-bond donors (Lipinski definition) is 1. The Bertz CT molecular complexity index is 565. The smallest absolute Gasteiger partial charge is 0.223 e. The molecule has 2 aliphatic heterocycles. The monoisotopic (exact) mass is 322 g/mol. The van der Waals surface area contributed by atoms with Crippen LogP contribution in [0.15, 0.2) is 0 Å². The Morgan fingerprint density at radius 1 is 1.36 bits per heavy atom. The molecule has 3 rings (SSSR count). The Hall–Kier alpha value is -1.01. The zero-order valence-corrected chi connectivity index (χ0v) is 14.7. The van der Waals surface area contributed by atoms with Crippen molar-refractivity contribution in [2.24, 2.45) is 13.0 Å². The minimum absolute atomic E-state index is 0.155. The maximum absolute atomic E-state index is 12.3. The van der Waals surface area contributed by atoms with Crippen molar-refractivity contribution in [2.45, 2.75) is 38.8 Å². The minimum Gasteiger partial charge on any atom is -0.338 e. The number of aromatic nitrogens is 2. The summed E-state index contributed by atoms with van der Waals surface area (Å²) in [7, 11) is 3.91. The second-order valence-electron chi connectivity index (χ2n) is 6.59. The van der Waals surface area contributed by atoms with Crippen molar-refractivity contribution < 1.29 is 4.79 Å². The van der Waals surface area contributed by atoms with Gasteiger partial charge in [0.15, 0.2) is 0 Å². The molecule has 1 amide bonds. The molecule has 0 saturated carbocycles. The van der Waals surface area contributed by atoms with Crippen LogP contribution in [-0.4, -0.2) is 51.7 Å². The molecule has 0 aromatic carbocycles. The Morgan fingerprint density at radius 3 is 2.73 bits per heavy atom. The van der Waals surface area contributed by atoms with E-state index >= 15 is 0 Å². The average Bonchev–Trinajstić information content (AvgIpc) is 3.14. The molecule has 1 aromatic rings. The van der Waals surface area contributed by atoms with Gasteiger partial charge in [-0.15, -0.1) is 0 Å². The molecular weight excluding hydrogens is 296 g/mol. The van der Waals surface area contributed by atoms with Crippen LogP contribution in [-0.2, 0) is 11.8 Å². The number of likely N-dealkylation sites (tertiary alicyclic amines) is 1. The topological polar surface area (TPSA) is 50.2 Å². The molecule has 22 heavy (non-hydrogen) atoms. The lowest BCUT2D eigenvalue weighted by Gasteiger charge is -2.27. The van der Waals surface area contributed by atoms with Crippen molar-refractivity contribution in [1.29, 1.82) is 0 Å². The molecule has 5 nitrogen and oxygen atoms in total. The Labute approximate surface area is 136 Å². The summed E-state index contributed by atoms with van der Waals surface area (Å²) in [6.07, 6.45) is 1.89. The molecule has 6 heteroatoms. The third-order valence-corrected chi connectivity index (χ3v) is 6.32. The zero-order valence-electron chi connectivity index (χ0n) is 13.9. The molecule has 3 atom stereocenters. The lowest BCUT2D eigenvalue weighted by atomic mass is 9.92. The number of carbonyl (C=O) groups is 1. The SMILES string of the molecule is Cc1nn(C)c(C)c1[C@H]1[C@H](CN[C@H]2CCSC2)CC(=O)N1C. The molecule has 2 fully saturated rings. The molecule has 2 aliphatic rings. The Morgan fingerprint density at radius 2 is 2.14 bits per heavy atom. The first kappa shape index (κ1) is 15.9. The van der Waals surface area contributed by atoms with Crippen LogP contribution >= 0.6 is 11.8 Å². The maximum atomic E-state index is 12.3. The predicted molar refractivity (Wildman–Crippen MR) is 90.0 cm³/mol. The highest BCUT2D eigenvalue weighted by Crippen LogP contribution is 2.39. The summed E-state index contributed by atoms with van der Waals surface area (Å²) in [5, 5.41) is 8.22. The molecular formula is C16H26N4OS. The normalized spacial score (nSPS) is 28.8. The van der Waals surface area contributed by atoms with E-state index in [0.29, 0.717) is 18.4 Å². The third-order valence-electron chi connectivity index (χ3n) is 5.15. The van der Waals surface area contributed by atoms with E-state index in [9.17, 15) is 4.79 Å². The van der Waals surface area contributed by atoms with Crippen molar-refractivity contribution in [3.05, 3.63) is 17.0 Å². The quantitative estimate of drug-likeness (QED) is 0.916. The van der Waals surface area contributed by atoms with Gasteiger partial charge in [0.1, 0.15) is 0 Å². The van der Waals surface area contributed by atoms with Gasteiger partial charge >= 0.3 is 0 Å². The fraction of sp³-hybridized carbons (Fsp3) is 0.750. The van der Waals surface area contributed by atoms with Crippen LogP contribution in [0.3, 0.4) is 0 Å². The van der Waals surface area contributed by atoms with E-state index in [1.54, 1.807) is 0 Å². The summed E-state index contributed by atoms with van der Waals surface area (Å²) in [6, 6.07) is 0.769. The van der Waals surface area contributed by atoms with Crippen LogP contribution in [0, 0.1) is 19.8 Å². The van der Waals surface area contributed by atoms with E-state index < -0.39 is 0 Å². The zero-order chi connectivity index (χ0) is 15.9. The van der Waals surface area contributed by atoms with Gasteiger partial charge in [-0.1, -0.05) is 0 Å². The average molecular weight is 322 g/mol. The second kappa shape index (κ2) is 6.24. The van der Waals surface area contributed by atoms with Crippen LogP contribution in [0.25, 0.3) is 0 Å². The minimum atomic E-state index is 0.155. The van der Waals surface area contributed by atoms with E-state index in [1.165, 1.54) is 29.2 Å². The van der Waals surface area contributed by atoms with E-state index in [1.807, 2.05) is 35.4 Å². The van der Waals surface area contributed by atoms with Gasteiger partial charge < -0.3 is 10.2 Å². The number of aryl methyl sites for hydroxylation is 2. The fourth-order valence-electron chi connectivity index (χ4n) is 3.80. The third kappa shape index (κ3) is 2.78. The summed E-state index contributed by atoms with van der Waals surface area (Å²) in [6.45, 7) is 5.07. The van der Waals surface area contributed by atoms with Crippen molar-refractivity contribution >= 4 is 17.7 Å². The van der Waals surface area contributed by atoms with Gasteiger partial charge in [0.05, 0.1) is 11.7 Å². The highest BCUT2D eigenvalue weighted by Gasteiger charge is 2.41. The van der Waals surface area contributed by atoms with Gasteiger partial charge in [-0.3, -0.25) is 9.48 Å². The number of carbonyl (C=O) groups excluding carboxylic acids is 1. The van der Waals surface area contributed by atoms with Crippen LogP contribution in [0.5, 0.6) is 0 Å². The molecule has 0 bridgehead atoms. The first-order chi connectivity index (χ1) is 10.5. The van der Waals surface area contributed by atoms with E-state index in [2.05, 4.69) is 24.3 Å². The first-order valence-corrected chi connectivity index (χ1v) is 9.21. The Kier molecular flexibility index (Phi) is 4.50. The highest BCUT2D eigenvalue weighted by molar-refractivity contribution is 7.99. The van der Waals surface area contributed by atoms with Gasteiger partial charge in [0, 0.05) is 56.0 Å². The van der Waals surface area contributed by atoms with Gasteiger partial charge in [-0.25, -0.2) is 0 Å². The van der Waals surface area contributed by atoms with Gasteiger partial charge in [0.25, 0.3) is 0 Å². The summed E-state index contributed by atoms with van der Waals surface area (Å²) >= 11 is 2.02. The van der Waals surface area contributed by atoms with Crippen molar-refractivity contribution in [3.8, 4) is 0 Å². The first-order valence-electron chi connectivity index (χ1n) is 8.06. The van der Waals surface area contributed by atoms with Crippen LogP contribution in [0.4, 0.5) is 0 Å². The molecule has 2 saturated heterocycles. The molecule has 3 heterocycles. The van der Waals surface area contributed by atoms with Crippen LogP contribution in [0.2, 0.25) is 0 Å². The molecule has 1 N–H and O–H groups in total. The maximum Gasteiger partial charge on any atom is 0.223 e. The lowest BCUT2D eigenvalue weighted by Crippen LogP contribution is -2.35. The molecule has 0 aliphatic carbocycles. The highest BCUT2D eigenvalue weighted by atomic mass is 32.2. The molecule has 0 unspecified atom stereocenters. The predicted octanol–water partition coefficient (Wildman–Crippen LogP) is 1.65. The lowest BCUT2D eigenvalue weighted by molar-refractivity contribution is -0.127. The summed E-state index contributed by atoms with van der Waals surface area (Å²) < 4.78 is 1.93. The second-order valence-corrected chi connectivity index (χ2v) is 7.74. The summed E-state index contributed by atoms with van der Waals surface area (Å²) in [5.41, 5.74) is 3.46. The van der Waals surface area contributed by atoms with Crippen molar-refractivity contribution in [3.63, 3.8) is 0 Å². The number of thioether (sulfide) groups is 1. The van der Waals surface area contributed by atoms with E-state index in [-0.39, 0.29) is 11.9 Å². The number of amides is 1. The number of hydrogen-bond acceptors (Lipinski definition) is 4. The van der Waals surface area contributed by atoms with Gasteiger partial charge in [0.2, 0.25) is 5.91 Å². The fourth-order valence-corrected chi connectivity index (χ4v) is 4.98. The summed E-state index contributed by atoms with van der Waals surface area (Å²) in [5.74, 6) is 3.04. The number of rotatable bonds is 4.